The van der Waals surface area contributed by atoms with Crippen molar-refractivity contribution in [2.45, 2.75) is 37.6 Å². The van der Waals surface area contributed by atoms with Gasteiger partial charge in [0.15, 0.2) is 12.3 Å². The first kappa shape index (κ1) is 15.4. The van der Waals surface area contributed by atoms with Crippen LogP contribution in [0.3, 0.4) is 0 Å². The summed E-state index contributed by atoms with van der Waals surface area (Å²) in [6.07, 6.45) is 4.99. The maximum atomic E-state index is 12.3. The standard InChI is InChI=1S/C19H21NO3/c21-17-10-11-18(19(22)12-17)15-6-8-16(9-7-15)20(23)13-14-4-2-1-3-5-14/h1-5,10-13,15-16,21-22H,6-9H2/b20-13-. The minimum Gasteiger partial charge on any atom is -0.624 e. The van der Waals surface area contributed by atoms with E-state index >= 15 is 0 Å². The molecule has 0 heterocycles. The largest absolute Gasteiger partial charge is 0.624 e. The van der Waals surface area contributed by atoms with Crippen molar-refractivity contribution in [1.29, 1.82) is 0 Å². The van der Waals surface area contributed by atoms with Crippen molar-refractivity contribution in [2.24, 2.45) is 0 Å². The third-order valence-electron chi connectivity index (χ3n) is 4.59. The molecule has 4 heteroatoms. The number of phenolic OH excluding ortho intramolecular Hbond substituents is 2. The van der Waals surface area contributed by atoms with Crippen molar-refractivity contribution in [1.82, 2.24) is 0 Å². The van der Waals surface area contributed by atoms with E-state index in [0.717, 1.165) is 41.5 Å². The summed E-state index contributed by atoms with van der Waals surface area (Å²) in [4.78, 5) is 0. The molecule has 0 amide bonds. The van der Waals surface area contributed by atoms with Gasteiger partial charge < -0.3 is 15.4 Å². The lowest BCUT2D eigenvalue weighted by molar-refractivity contribution is -0.501. The van der Waals surface area contributed by atoms with Crippen LogP contribution in [0.5, 0.6) is 11.5 Å². The van der Waals surface area contributed by atoms with Gasteiger partial charge in [-0.3, -0.25) is 0 Å². The molecular formula is C19H21NO3. The number of benzene rings is 2. The second-order valence-corrected chi connectivity index (χ2v) is 6.15. The lowest BCUT2D eigenvalue weighted by atomic mass is 9.81. The Morgan fingerprint density at radius 3 is 2.30 bits per heavy atom. The number of phenols is 2. The number of hydrogen-bond donors (Lipinski definition) is 2. The van der Waals surface area contributed by atoms with Crippen LogP contribution in [-0.4, -0.2) is 27.2 Å². The number of aromatic hydroxyl groups is 2. The lowest BCUT2D eigenvalue weighted by Gasteiger charge is -2.28. The van der Waals surface area contributed by atoms with E-state index < -0.39 is 0 Å². The topological polar surface area (TPSA) is 66.5 Å². The molecule has 0 radical (unpaired) electrons. The Morgan fingerprint density at radius 1 is 0.957 bits per heavy atom. The Balaban J connectivity index is 1.65. The van der Waals surface area contributed by atoms with Crippen molar-refractivity contribution >= 4 is 6.21 Å². The molecule has 2 aromatic carbocycles. The minimum atomic E-state index is -0.00860. The molecule has 0 atom stereocenters. The van der Waals surface area contributed by atoms with Gasteiger partial charge in [0.2, 0.25) is 0 Å². The van der Waals surface area contributed by atoms with Gasteiger partial charge in [0.25, 0.3) is 0 Å². The summed E-state index contributed by atoms with van der Waals surface area (Å²) in [5.74, 6) is 0.461. The van der Waals surface area contributed by atoms with Crippen LogP contribution in [0.25, 0.3) is 0 Å². The highest BCUT2D eigenvalue weighted by molar-refractivity contribution is 5.75. The third-order valence-corrected chi connectivity index (χ3v) is 4.59. The van der Waals surface area contributed by atoms with Crippen LogP contribution in [0.15, 0.2) is 48.5 Å². The fourth-order valence-corrected chi connectivity index (χ4v) is 3.31. The zero-order valence-electron chi connectivity index (χ0n) is 12.9. The van der Waals surface area contributed by atoms with Gasteiger partial charge in [-0.05, 0) is 42.5 Å². The summed E-state index contributed by atoms with van der Waals surface area (Å²) in [5, 5.41) is 31.7. The van der Waals surface area contributed by atoms with E-state index in [-0.39, 0.29) is 23.5 Å². The molecule has 23 heavy (non-hydrogen) atoms. The van der Waals surface area contributed by atoms with E-state index in [2.05, 4.69) is 0 Å². The fourth-order valence-electron chi connectivity index (χ4n) is 3.31. The second kappa shape index (κ2) is 6.73. The summed E-state index contributed by atoms with van der Waals surface area (Å²) in [7, 11) is 0. The summed E-state index contributed by atoms with van der Waals surface area (Å²) in [6, 6.07) is 14.4. The van der Waals surface area contributed by atoms with E-state index in [1.165, 1.54) is 6.07 Å². The first-order valence-electron chi connectivity index (χ1n) is 8.01. The molecule has 120 valence electrons. The summed E-state index contributed by atoms with van der Waals surface area (Å²) in [6.45, 7) is 0. The normalized spacial score (nSPS) is 22.0. The Bertz CT molecular complexity index is 689. The van der Waals surface area contributed by atoms with Gasteiger partial charge in [0.1, 0.15) is 11.5 Å². The van der Waals surface area contributed by atoms with E-state index in [1.54, 1.807) is 18.3 Å². The predicted molar refractivity (Wildman–Crippen MR) is 90.0 cm³/mol. The van der Waals surface area contributed by atoms with Crippen molar-refractivity contribution < 1.29 is 15.0 Å². The molecule has 2 N–H and O–H groups in total. The maximum Gasteiger partial charge on any atom is 0.182 e. The minimum absolute atomic E-state index is 0.00860. The molecule has 0 unspecified atom stereocenters. The Hall–Kier alpha value is -2.49. The first-order valence-corrected chi connectivity index (χ1v) is 8.01. The average Bonchev–Trinajstić information content (AvgIpc) is 2.56. The second-order valence-electron chi connectivity index (χ2n) is 6.15. The van der Waals surface area contributed by atoms with Crippen molar-refractivity contribution in [3.8, 4) is 11.5 Å². The Labute approximate surface area is 135 Å². The Morgan fingerprint density at radius 2 is 1.65 bits per heavy atom. The molecule has 1 fully saturated rings. The molecule has 0 saturated heterocycles. The molecule has 1 aliphatic carbocycles. The van der Waals surface area contributed by atoms with Crippen LogP contribution in [0.4, 0.5) is 0 Å². The van der Waals surface area contributed by atoms with Gasteiger partial charge in [-0.1, -0.05) is 24.3 Å². The summed E-state index contributed by atoms with van der Waals surface area (Å²) >= 11 is 0. The molecule has 1 aliphatic rings. The van der Waals surface area contributed by atoms with Gasteiger partial charge >= 0.3 is 0 Å². The monoisotopic (exact) mass is 311 g/mol. The van der Waals surface area contributed by atoms with Crippen LogP contribution in [-0.2, 0) is 0 Å². The first-order chi connectivity index (χ1) is 11.1. The molecular weight excluding hydrogens is 290 g/mol. The zero-order valence-corrected chi connectivity index (χ0v) is 12.9. The maximum absolute atomic E-state index is 12.3. The smallest absolute Gasteiger partial charge is 0.182 e. The summed E-state index contributed by atoms with van der Waals surface area (Å²) in [5.41, 5.74) is 1.78. The molecule has 1 saturated carbocycles. The van der Waals surface area contributed by atoms with Crippen molar-refractivity contribution in [3.63, 3.8) is 0 Å². The lowest BCUT2D eigenvalue weighted by Crippen LogP contribution is -2.27. The van der Waals surface area contributed by atoms with Crippen LogP contribution in [0.2, 0.25) is 0 Å². The van der Waals surface area contributed by atoms with Crippen LogP contribution >= 0.6 is 0 Å². The number of nitrogens with zero attached hydrogens (tertiary/aromatic N) is 1. The molecule has 0 spiro atoms. The zero-order chi connectivity index (χ0) is 16.2. The van der Waals surface area contributed by atoms with Gasteiger partial charge in [-0.25, -0.2) is 4.74 Å². The molecule has 2 aromatic rings. The molecule has 3 rings (SSSR count). The van der Waals surface area contributed by atoms with Gasteiger partial charge in [-0.2, -0.15) is 0 Å². The number of hydrogen-bond acceptors (Lipinski definition) is 3. The van der Waals surface area contributed by atoms with Crippen molar-refractivity contribution in [3.05, 3.63) is 64.9 Å². The van der Waals surface area contributed by atoms with E-state index in [0.29, 0.717) is 0 Å². The van der Waals surface area contributed by atoms with Gasteiger partial charge in [0, 0.05) is 24.5 Å². The van der Waals surface area contributed by atoms with Crippen LogP contribution in [0, 0.1) is 5.21 Å². The molecule has 4 nitrogen and oxygen atoms in total. The number of hydroxylamine groups is 1. The fraction of sp³-hybridized carbons (Fsp3) is 0.316. The molecule has 0 bridgehead atoms. The highest BCUT2D eigenvalue weighted by Gasteiger charge is 2.28. The quantitative estimate of drug-likeness (QED) is 0.392. The number of rotatable bonds is 3. The molecule has 0 aliphatic heterocycles. The van der Waals surface area contributed by atoms with Crippen LogP contribution < -0.4 is 0 Å². The average molecular weight is 311 g/mol. The van der Waals surface area contributed by atoms with E-state index in [9.17, 15) is 15.4 Å². The SMILES string of the molecule is [O-]/[N+](=C\c1ccccc1)C1CCC(c2ccc(O)cc2O)CC1. The highest BCUT2D eigenvalue weighted by atomic mass is 16.5. The molecule has 0 aromatic heterocycles. The van der Waals surface area contributed by atoms with Gasteiger partial charge in [-0.15, -0.1) is 0 Å². The van der Waals surface area contributed by atoms with E-state index in [4.69, 9.17) is 0 Å². The highest BCUT2D eigenvalue weighted by Crippen LogP contribution is 2.38. The predicted octanol–water partition coefficient (Wildman–Crippen LogP) is 3.75. The van der Waals surface area contributed by atoms with Crippen molar-refractivity contribution in [2.75, 3.05) is 0 Å². The Kier molecular flexibility index (Phi) is 4.51. The van der Waals surface area contributed by atoms with E-state index in [1.807, 2.05) is 30.3 Å². The van der Waals surface area contributed by atoms with Crippen LogP contribution in [0.1, 0.15) is 42.7 Å². The third kappa shape index (κ3) is 3.65. The summed E-state index contributed by atoms with van der Waals surface area (Å²) < 4.78 is 1.07. The van der Waals surface area contributed by atoms with Gasteiger partial charge in [0.05, 0.1) is 0 Å².